The van der Waals surface area contributed by atoms with Gasteiger partial charge in [-0.25, -0.2) is 0 Å². The molecule has 0 fully saturated rings. The Labute approximate surface area is 161 Å². The van der Waals surface area contributed by atoms with Crippen LogP contribution in [0.2, 0.25) is 0 Å². The average molecular weight is 367 g/mol. The number of aryl methyl sites for hydroxylation is 4. The number of hydrogen-bond acceptors (Lipinski definition) is 3. The minimum atomic E-state index is -0.436. The van der Waals surface area contributed by atoms with Gasteiger partial charge in [0, 0.05) is 11.4 Å². The first-order chi connectivity index (χ1) is 12.7. The van der Waals surface area contributed by atoms with Crippen molar-refractivity contribution >= 4 is 23.2 Å². The lowest BCUT2D eigenvalue weighted by atomic mass is 10.0. The van der Waals surface area contributed by atoms with Gasteiger partial charge in [-0.15, -0.1) is 0 Å². The molecule has 2 aromatic rings. The van der Waals surface area contributed by atoms with Crippen molar-refractivity contribution in [1.82, 2.24) is 4.90 Å². The maximum Gasteiger partial charge on any atom is 0.241 e. The normalized spacial score (nSPS) is 12.0. The SMILES string of the molecule is Cc1ccc(NC(=O)CN(C)[C@@H](C)C(=O)Nc2c(C)cc(C)cc2C)cc1. The second-order valence-electron chi connectivity index (χ2n) is 7.27. The maximum absolute atomic E-state index is 12.6. The molecule has 5 nitrogen and oxygen atoms in total. The van der Waals surface area contributed by atoms with Crippen molar-refractivity contribution in [3.05, 3.63) is 58.7 Å². The third kappa shape index (κ3) is 5.66. The number of likely N-dealkylation sites (N-methyl/N-ethyl adjacent to an activating group) is 1. The molecular formula is C22H29N3O2. The molecule has 0 saturated heterocycles. The van der Waals surface area contributed by atoms with Crippen molar-refractivity contribution in [1.29, 1.82) is 0 Å². The summed E-state index contributed by atoms with van der Waals surface area (Å²) < 4.78 is 0. The molecule has 0 heterocycles. The van der Waals surface area contributed by atoms with E-state index in [9.17, 15) is 9.59 Å². The third-order valence-electron chi connectivity index (χ3n) is 4.69. The third-order valence-corrected chi connectivity index (χ3v) is 4.69. The number of anilines is 2. The number of nitrogens with one attached hydrogen (secondary N) is 2. The van der Waals surface area contributed by atoms with Crippen LogP contribution in [-0.4, -0.2) is 36.3 Å². The van der Waals surface area contributed by atoms with Gasteiger partial charge in [-0.1, -0.05) is 35.4 Å². The quantitative estimate of drug-likeness (QED) is 0.816. The number of carbonyl (C=O) groups is 2. The molecule has 27 heavy (non-hydrogen) atoms. The van der Waals surface area contributed by atoms with Gasteiger partial charge < -0.3 is 10.6 Å². The van der Waals surface area contributed by atoms with Gasteiger partial charge in [0.05, 0.1) is 12.6 Å². The lowest BCUT2D eigenvalue weighted by molar-refractivity contribution is -0.122. The Morgan fingerprint density at radius 2 is 1.48 bits per heavy atom. The van der Waals surface area contributed by atoms with Crippen molar-refractivity contribution in [3.63, 3.8) is 0 Å². The molecule has 0 unspecified atom stereocenters. The standard InChI is InChI=1S/C22H29N3O2/c1-14-7-9-19(10-8-14)23-20(26)13-25(6)18(5)22(27)24-21-16(3)11-15(2)12-17(21)4/h7-12,18H,13H2,1-6H3,(H,23,26)(H,24,27)/t18-/m0/s1. The van der Waals surface area contributed by atoms with Crippen LogP contribution in [0.5, 0.6) is 0 Å². The zero-order chi connectivity index (χ0) is 20.1. The maximum atomic E-state index is 12.6. The average Bonchev–Trinajstić information content (AvgIpc) is 2.59. The summed E-state index contributed by atoms with van der Waals surface area (Å²) >= 11 is 0. The van der Waals surface area contributed by atoms with Crippen LogP contribution < -0.4 is 10.6 Å². The summed E-state index contributed by atoms with van der Waals surface area (Å²) in [5, 5.41) is 5.86. The molecule has 0 saturated carbocycles. The van der Waals surface area contributed by atoms with E-state index in [1.54, 1.807) is 18.9 Å². The Kier molecular flexibility index (Phi) is 6.75. The molecule has 0 aromatic heterocycles. The van der Waals surface area contributed by atoms with Crippen molar-refractivity contribution in [3.8, 4) is 0 Å². The first kappa shape index (κ1) is 20.6. The smallest absolute Gasteiger partial charge is 0.241 e. The number of carbonyl (C=O) groups excluding carboxylic acids is 2. The fraction of sp³-hybridized carbons (Fsp3) is 0.364. The summed E-state index contributed by atoms with van der Waals surface area (Å²) in [6.07, 6.45) is 0. The molecule has 2 N–H and O–H groups in total. The summed E-state index contributed by atoms with van der Waals surface area (Å²) in [7, 11) is 1.77. The predicted octanol–water partition coefficient (Wildman–Crippen LogP) is 3.82. The second kappa shape index (κ2) is 8.82. The zero-order valence-corrected chi connectivity index (χ0v) is 17.0. The molecule has 0 spiro atoms. The van der Waals surface area contributed by atoms with E-state index < -0.39 is 6.04 Å². The van der Waals surface area contributed by atoms with E-state index in [1.807, 2.05) is 64.1 Å². The molecule has 144 valence electrons. The summed E-state index contributed by atoms with van der Waals surface area (Å²) in [6, 6.07) is 11.3. The van der Waals surface area contributed by atoms with E-state index in [0.29, 0.717) is 0 Å². The van der Waals surface area contributed by atoms with Crippen LogP contribution in [-0.2, 0) is 9.59 Å². The van der Waals surface area contributed by atoms with Gasteiger partial charge in [0.25, 0.3) is 0 Å². The fourth-order valence-electron chi connectivity index (χ4n) is 3.01. The molecule has 0 aliphatic rings. The molecule has 2 amide bonds. The van der Waals surface area contributed by atoms with Crippen LogP contribution in [0.15, 0.2) is 36.4 Å². The van der Waals surface area contributed by atoms with E-state index in [2.05, 4.69) is 10.6 Å². The molecule has 0 aliphatic heterocycles. The largest absolute Gasteiger partial charge is 0.325 e. The number of amides is 2. The van der Waals surface area contributed by atoms with E-state index in [1.165, 1.54) is 5.56 Å². The molecule has 0 bridgehead atoms. The summed E-state index contributed by atoms with van der Waals surface area (Å²) in [4.78, 5) is 26.6. The van der Waals surface area contributed by atoms with Gasteiger partial charge in [-0.05, 0) is 64.9 Å². The van der Waals surface area contributed by atoms with Gasteiger partial charge >= 0.3 is 0 Å². The first-order valence-electron chi connectivity index (χ1n) is 9.13. The molecule has 2 rings (SSSR count). The number of benzene rings is 2. The molecule has 2 aromatic carbocycles. The molecule has 1 atom stereocenters. The Morgan fingerprint density at radius 1 is 0.926 bits per heavy atom. The van der Waals surface area contributed by atoms with Crippen LogP contribution in [0.3, 0.4) is 0 Å². The Bertz CT molecular complexity index is 805. The van der Waals surface area contributed by atoms with E-state index >= 15 is 0 Å². The highest BCUT2D eigenvalue weighted by Crippen LogP contribution is 2.22. The lowest BCUT2D eigenvalue weighted by Gasteiger charge is -2.24. The molecule has 0 radical (unpaired) electrons. The Hall–Kier alpha value is -2.66. The predicted molar refractivity (Wildman–Crippen MR) is 111 cm³/mol. The highest BCUT2D eigenvalue weighted by atomic mass is 16.2. The minimum Gasteiger partial charge on any atom is -0.325 e. The van der Waals surface area contributed by atoms with E-state index in [4.69, 9.17) is 0 Å². The Balaban J connectivity index is 1.95. The van der Waals surface area contributed by atoms with Crippen LogP contribution >= 0.6 is 0 Å². The van der Waals surface area contributed by atoms with Crippen LogP contribution in [0, 0.1) is 27.7 Å². The number of rotatable bonds is 6. The van der Waals surface area contributed by atoms with Crippen LogP contribution in [0.25, 0.3) is 0 Å². The topological polar surface area (TPSA) is 61.4 Å². The van der Waals surface area contributed by atoms with Crippen molar-refractivity contribution in [2.75, 3.05) is 24.2 Å². The molecular weight excluding hydrogens is 338 g/mol. The Morgan fingerprint density at radius 3 is 2.04 bits per heavy atom. The van der Waals surface area contributed by atoms with Gasteiger partial charge in [0.1, 0.15) is 0 Å². The summed E-state index contributed by atoms with van der Waals surface area (Å²) in [6.45, 7) is 9.94. The number of hydrogen-bond donors (Lipinski definition) is 2. The van der Waals surface area contributed by atoms with Gasteiger partial charge in [-0.2, -0.15) is 0 Å². The lowest BCUT2D eigenvalue weighted by Crippen LogP contribution is -2.43. The zero-order valence-electron chi connectivity index (χ0n) is 17.0. The minimum absolute atomic E-state index is 0.129. The van der Waals surface area contributed by atoms with Crippen molar-refractivity contribution in [2.45, 2.75) is 40.7 Å². The van der Waals surface area contributed by atoms with Gasteiger partial charge in [0.2, 0.25) is 11.8 Å². The van der Waals surface area contributed by atoms with Crippen LogP contribution in [0.4, 0.5) is 11.4 Å². The highest BCUT2D eigenvalue weighted by Gasteiger charge is 2.21. The van der Waals surface area contributed by atoms with E-state index in [0.717, 1.165) is 28.1 Å². The summed E-state index contributed by atoms with van der Waals surface area (Å²) in [5.74, 6) is -0.278. The van der Waals surface area contributed by atoms with Gasteiger partial charge in [-0.3, -0.25) is 14.5 Å². The van der Waals surface area contributed by atoms with Crippen molar-refractivity contribution in [2.24, 2.45) is 0 Å². The first-order valence-corrected chi connectivity index (χ1v) is 9.13. The molecule has 5 heteroatoms. The number of nitrogens with zero attached hydrogens (tertiary/aromatic N) is 1. The van der Waals surface area contributed by atoms with Gasteiger partial charge in [0.15, 0.2) is 0 Å². The van der Waals surface area contributed by atoms with Crippen LogP contribution in [0.1, 0.15) is 29.2 Å². The summed E-state index contributed by atoms with van der Waals surface area (Å²) in [5.41, 5.74) is 5.97. The highest BCUT2D eigenvalue weighted by molar-refractivity contribution is 5.97. The second-order valence-corrected chi connectivity index (χ2v) is 7.27. The van der Waals surface area contributed by atoms with E-state index in [-0.39, 0.29) is 18.4 Å². The molecule has 0 aliphatic carbocycles. The fourth-order valence-corrected chi connectivity index (χ4v) is 3.01. The van der Waals surface area contributed by atoms with Crippen molar-refractivity contribution < 1.29 is 9.59 Å². The monoisotopic (exact) mass is 367 g/mol.